The molecule has 7 heteroatoms. The zero-order valence-corrected chi connectivity index (χ0v) is 13.2. The van der Waals surface area contributed by atoms with Crippen LogP contribution in [0.4, 0.5) is 4.79 Å². The molecule has 0 fully saturated rings. The number of carbonyl (C=O) groups is 2. The summed E-state index contributed by atoms with van der Waals surface area (Å²) in [5.74, 6) is -0.843. The van der Waals surface area contributed by atoms with E-state index >= 15 is 0 Å². The topological polar surface area (TPSA) is 76.8 Å². The first-order chi connectivity index (χ1) is 10.4. The number of esters is 1. The summed E-state index contributed by atoms with van der Waals surface area (Å²) in [6.45, 7) is 1.85. The summed E-state index contributed by atoms with van der Waals surface area (Å²) in [7, 11) is 3.30. The Balaban J connectivity index is 2.44. The molecule has 6 nitrogen and oxygen atoms in total. The smallest absolute Gasteiger partial charge is 0.374 e. The normalized spacial score (nSPS) is 10.5. The lowest BCUT2D eigenvalue weighted by atomic mass is 10.2. The minimum absolute atomic E-state index is 0.150. The van der Waals surface area contributed by atoms with Gasteiger partial charge in [0.05, 0.1) is 12.0 Å². The average molecular weight is 321 g/mol. The van der Waals surface area contributed by atoms with Crippen LogP contribution in [0.5, 0.6) is 0 Å². The van der Waals surface area contributed by atoms with Gasteiger partial charge in [-0.2, -0.15) is 0 Å². The standard InChI is InChI=1S/C15H15NO5S/c1-4-20-14(18)13-8-11(17)10-6-5-9(7-12(10)21-13)22-15(19)16(2)3/h5-8H,4H2,1-3H3. The Bertz CT molecular complexity index is 781. The van der Waals surface area contributed by atoms with E-state index in [-0.39, 0.29) is 28.6 Å². The van der Waals surface area contributed by atoms with Gasteiger partial charge in [0, 0.05) is 25.1 Å². The fourth-order valence-corrected chi connectivity index (χ4v) is 2.38. The third-order valence-electron chi connectivity index (χ3n) is 2.75. The Hall–Kier alpha value is -2.28. The predicted octanol–water partition coefficient (Wildman–Crippen LogP) is 2.74. The van der Waals surface area contributed by atoms with Crippen LogP contribution < -0.4 is 5.43 Å². The van der Waals surface area contributed by atoms with Crippen molar-refractivity contribution >= 4 is 33.9 Å². The van der Waals surface area contributed by atoms with Gasteiger partial charge in [-0.1, -0.05) is 0 Å². The van der Waals surface area contributed by atoms with Crippen molar-refractivity contribution in [3.63, 3.8) is 0 Å². The van der Waals surface area contributed by atoms with Crippen molar-refractivity contribution < 1.29 is 18.7 Å². The van der Waals surface area contributed by atoms with Crippen LogP contribution in [-0.4, -0.2) is 36.8 Å². The van der Waals surface area contributed by atoms with E-state index in [4.69, 9.17) is 9.15 Å². The molecule has 0 atom stereocenters. The molecule has 116 valence electrons. The summed E-state index contributed by atoms with van der Waals surface area (Å²) in [6, 6.07) is 5.90. The predicted molar refractivity (Wildman–Crippen MR) is 83.4 cm³/mol. The zero-order valence-electron chi connectivity index (χ0n) is 12.4. The third-order valence-corrected chi connectivity index (χ3v) is 3.78. The zero-order chi connectivity index (χ0) is 16.3. The van der Waals surface area contributed by atoms with E-state index < -0.39 is 5.97 Å². The number of hydrogen-bond donors (Lipinski definition) is 0. The molecule has 0 bridgehead atoms. The maximum Gasteiger partial charge on any atom is 0.374 e. The van der Waals surface area contributed by atoms with Gasteiger partial charge < -0.3 is 14.1 Å². The highest BCUT2D eigenvalue weighted by Gasteiger charge is 2.14. The van der Waals surface area contributed by atoms with Crippen molar-refractivity contribution in [2.75, 3.05) is 20.7 Å². The number of benzene rings is 1. The first-order valence-electron chi connectivity index (χ1n) is 6.56. The van der Waals surface area contributed by atoms with E-state index in [0.717, 1.165) is 17.8 Å². The summed E-state index contributed by atoms with van der Waals surface area (Å²) >= 11 is 1.01. The lowest BCUT2D eigenvalue weighted by Crippen LogP contribution is -2.16. The second-order valence-electron chi connectivity index (χ2n) is 4.62. The summed E-state index contributed by atoms with van der Waals surface area (Å²) in [6.07, 6.45) is 0. The molecule has 0 N–H and O–H groups in total. The number of thioether (sulfide) groups is 1. The lowest BCUT2D eigenvalue weighted by Gasteiger charge is -2.09. The monoisotopic (exact) mass is 321 g/mol. The molecule has 1 aromatic heterocycles. The first-order valence-corrected chi connectivity index (χ1v) is 7.38. The Morgan fingerprint density at radius 2 is 2.00 bits per heavy atom. The van der Waals surface area contributed by atoms with Crippen LogP contribution in [0.25, 0.3) is 11.0 Å². The van der Waals surface area contributed by atoms with Crippen LogP contribution in [0.1, 0.15) is 17.5 Å². The van der Waals surface area contributed by atoms with Crippen LogP contribution in [0.3, 0.4) is 0 Å². The van der Waals surface area contributed by atoms with Crippen molar-refractivity contribution in [3.05, 3.63) is 40.2 Å². The molecule has 0 aliphatic carbocycles. The van der Waals surface area contributed by atoms with Gasteiger partial charge in [-0.05, 0) is 36.9 Å². The van der Waals surface area contributed by atoms with Gasteiger partial charge in [0.2, 0.25) is 5.76 Å². The molecule has 1 aromatic carbocycles. The molecule has 1 amide bonds. The number of nitrogens with zero attached hydrogens (tertiary/aromatic N) is 1. The molecule has 0 spiro atoms. The summed E-state index contributed by atoms with van der Waals surface area (Å²) in [5.41, 5.74) is -0.0908. The number of ether oxygens (including phenoxy) is 1. The molecule has 1 heterocycles. The van der Waals surface area contributed by atoms with Gasteiger partial charge in [0.25, 0.3) is 5.24 Å². The van der Waals surface area contributed by atoms with Gasteiger partial charge in [-0.15, -0.1) is 0 Å². The number of hydrogen-bond acceptors (Lipinski definition) is 6. The van der Waals surface area contributed by atoms with Crippen molar-refractivity contribution in [1.82, 2.24) is 4.90 Å². The molecule has 0 radical (unpaired) electrons. The third kappa shape index (κ3) is 3.48. The molecule has 0 saturated carbocycles. The highest BCUT2D eigenvalue weighted by Crippen LogP contribution is 2.24. The van der Waals surface area contributed by atoms with E-state index in [1.54, 1.807) is 39.2 Å². The van der Waals surface area contributed by atoms with Gasteiger partial charge in [-0.3, -0.25) is 9.59 Å². The number of carbonyl (C=O) groups excluding carboxylic acids is 2. The quantitative estimate of drug-likeness (QED) is 0.639. The molecule has 0 aliphatic rings. The average Bonchev–Trinajstić information content (AvgIpc) is 2.46. The van der Waals surface area contributed by atoms with Crippen LogP contribution in [0.15, 0.2) is 38.4 Å². The number of fused-ring (bicyclic) bond motifs is 1. The second-order valence-corrected chi connectivity index (χ2v) is 5.64. The van der Waals surface area contributed by atoms with Crippen LogP contribution in [0, 0.1) is 0 Å². The van der Waals surface area contributed by atoms with E-state index in [0.29, 0.717) is 10.3 Å². The largest absolute Gasteiger partial charge is 0.460 e. The summed E-state index contributed by atoms with van der Waals surface area (Å²) in [4.78, 5) is 37.4. The van der Waals surface area contributed by atoms with Crippen molar-refractivity contribution in [1.29, 1.82) is 0 Å². The minimum Gasteiger partial charge on any atom is -0.460 e. The van der Waals surface area contributed by atoms with Gasteiger partial charge in [-0.25, -0.2) is 4.79 Å². The molecule has 0 saturated heterocycles. The van der Waals surface area contributed by atoms with Crippen LogP contribution in [-0.2, 0) is 4.74 Å². The molecule has 2 aromatic rings. The molecular weight excluding hydrogens is 306 g/mol. The minimum atomic E-state index is -0.691. The Morgan fingerprint density at radius 1 is 1.27 bits per heavy atom. The van der Waals surface area contributed by atoms with Crippen molar-refractivity contribution in [2.24, 2.45) is 0 Å². The fourth-order valence-electron chi connectivity index (χ4n) is 1.69. The van der Waals surface area contributed by atoms with Gasteiger partial charge in [0.1, 0.15) is 5.58 Å². The Kier molecular flexibility index (Phi) is 4.87. The Labute approximate surface area is 131 Å². The molecule has 2 rings (SSSR count). The summed E-state index contributed by atoms with van der Waals surface area (Å²) in [5, 5.41) is 0.193. The lowest BCUT2D eigenvalue weighted by molar-refractivity contribution is 0.0490. The molecule has 0 aliphatic heterocycles. The highest BCUT2D eigenvalue weighted by molar-refractivity contribution is 8.13. The van der Waals surface area contributed by atoms with Crippen molar-refractivity contribution in [3.8, 4) is 0 Å². The van der Waals surface area contributed by atoms with E-state index in [2.05, 4.69) is 0 Å². The molecule has 22 heavy (non-hydrogen) atoms. The van der Waals surface area contributed by atoms with Gasteiger partial charge >= 0.3 is 5.97 Å². The van der Waals surface area contributed by atoms with Crippen molar-refractivity contribution in [2.45, 2.75) is 11.8 Å². The fraction of sp³-hybridized carbons (Fsp3) is 0.267. The summed E-state index contributed by atoms with van der Waals surface area (Å²) < 4.78 is 10.2. The number of amides is 1. The van der Waals surface area contributed by atoms with Gasteiger partial charge in [0.15, 0.2) is 5.43 Å². The highest BCUT2D eigenvalue weighted by atomic mass is 32.2. The second kappa shape index (κ2) is 6.65. The van der Waals surface area contributed by atoms with E-state index in [1.165, 1.54) is 4.90 Å². The van der Waals surface area contributed by atoms with Crippen LogP contribution >= 0.6 is 11.8 Å². The maximum atomic E-state index is 12.0. The van der Waals surface area contributed by atoms with Crippen LogP contribution in [0.2, 0.25) is 0 Å². The maximum absolute atomic E-state index is 12.0. The molecule has 0 unspecified atom stereocenters. The first kappa shape index (κ1) is 16.1. The number of rotatable bonds is 3. The van der Waals surface area contributed by atoms with E-state index in [1.807, 2.05) is 0 Å². The SMILES string of the molecule is CCOC(=O)c1cc(=O)c2ccc(SC(=O)N(C)C)cc2o1. The van der Waals surface area contributed by atoms with E-state index in [9.17, 15) is 14.4 Å². The molecular formula is C15H15NO5S. The Morgan fingerprint density at radius 3 is 2.64 bits per heavy atom.